The molecule has 0 atom stereocenters. The molecule has 0 saturated heterocycles. The molecule has 0 fully saturated rings. The molecule has 1 aromatic carbocycles. The van der Waals surface area contributed by atoms with Gasteiger partial charge in [-0.3, -0.25) is 0 Å². The van der Waals surface area contributed by atoms with Crippen LogP contribution < -0.4 is 10.0 Å². The van der Waals surface area contributed by atoms with E-state index in [1.165, 1.54) is 6.26 Å². The molecule has 20 heavy (non-hydrogen) atoms. The molecule has 6 heteroatoms. The summed E-state index contributed by atoms with van der Waals surface area (Å²) in [7, 11) is -3.52. The third-order valence-electron chi connectivity index (χ3n) is 2.80. The van der Waals surface area contributed by atoms with E-state index >= 15 is 0 Å². The highest BCUT2D eigenvalue weighted by Crippen LogP contribution is 2.12. The molecule has 2 rings (SSSR count). The molecule has 108 valence electrons. The molecule has 0 radical (unpaired) electrons. The van der Waals surface area contributed by atoms with Crippen LogP contribution in [0.15, 0.2) is 52.0 Å². The second-order valence-electron chi connectivity index (χ2n) is 4.33. The van der Waals surface area contributed by atoms with Gasteiger partial charge in [0.1, 0.15) is 5.76 Å². The Balaban J connectivity index is 2.08. The van der Waals surface area contributed by atoms with Gasteiger partial charge < -0.3 is 9.73 Å². The fourth-order valence-corrected chi connectivity index (χ4v) is 2.82. The van der Waals surface area contributed by atoms with Gasteiger partial charge >= 0.3 is 0 Å². The first-order valence-electron chi connectivity index (χ1n) is 6.43. The number of sulfonamides is 1. The molecule has 5 nitrogen and oxygen atoms in total. The van der Waals surface area contributed by atoms with Crippen LogP contribution in [0.4, 0.5) is 0 Å². The topological polar surface area (TPSA) is 71.3 Å². The number of hydrogen-bond donors (Lipinski definition) is 2. The number of rotatable bonds is 7. The van der Waals surface area contributed by atoms with Gasteiger partial charge in [-0.15, -0.1) is 0 Å². The maximum Gasteiger partial charge on any atom is 0.240 e. The molecule has 0 saturated carbocycles. The summed E-state index contributed by atoms with van der Waals surface area (Å²) < 4.78 is 32.0. The van der Waals surface area contributed by atoms with Crippen molar-refractivity contribution in [2.45, 2.75) is 24.9 Å². The van der Waals surface area contributed by atoms with Crippen LogP contribution in [0, 0.1) is 0 Å². The second kappa shape index (κ2) is 6.69. The molecule has 1 heterocycles. The third-order valence-corrected chi connectivity index (χ3v) is 4.20. The van der Waals surface area contributed by atoms with Crippen LogP contribution in [-0.4, -0.2) is 15.0 Å². The standard InChI is InChI=1S/C14H18N2O3S/c1-2-15-10-12-5-3-7-14(9-12)20(17,18)16-11-13-6-4-8-19-13/h3-9,15-16H,2,10-11H2,1H3. The summed E-state index contributed by atoms with van der Waals surface area (Å²) in [4.78, 5) is 0.263. The first-order valence-corrected chi connectivity index (χ1v) is 7.92. The van der Waals surface area contributed by atoms with Gasteiger partial charge in [-0.1, -0.05) is 19.1 Å². The predicted octanol–water partition coefficient (Wildman–Crippen LogP) is 1.87. The molecular formula is C14H18N2O3S. The van der Waals surface area contributed by atoms with Crippen LogP contribution in [-0.2, 0) is 23.1 Å². The monoisotopic (exact) mass is 294 g/mol. The summed E-state index contributed by atoms with van der Waals surface area (Å²) in [6, 6.07) is 10.3. The Morgan fingerprint density at radius 3 is 2.70 bits per heavy atom. The molecule has 0 amide bonds. The molecule has 0 aliphatic rings. The lowest BCUT2D eigenvalue weighted by Crippen LogP contribution is -2.23. The zero-order valence-electron chi connectivity index (χ0n) is 11.3. The fraction of sp³-hybridized carbons (Fsp3) is 0.286. The summed E-state index contributed by atoms with van der Waals surface area (Å²) in [5.74, 6) is 0.581. The Bertz CT molecular complexity index is 636. The zero-order chi connectivity index (χ0) is 14.4. The first kappa shape index (κ1) is 14.8. The van der Waals surface area contributed by atoms with Gasteiger partial charge in [0.2, 0.25) is 10.0 Å². The maximum absolute atomic E-state index is 12.2. The summed E-state index contributed by atoms with van der Waals surface area (Å²) in [5, 5.41) is 3.17. The predicted molar refractivity (Wildman–Crippen MR) is 76.6 cm³/mol. The van der Waals surface area contributed by atoms with Crippen molar-refractivity contribution >= 4 is 10.0 Å². The average Bonchev–Trinajstić information content (AvgIpc) is 2.97. The number of benzene rings is 1. The summed E-state index contributed by atoms with van der Waals surface area (Å²) in [6.45, 7) is 3.64. The lowest BCUT2D eigenvalue weighted by atomic mass is 10.2. The van der Waals surface area contributed by atoms with E-state index in [0.29, 0.717) is 12.3 Å². The van der Waals surface area contributed by atoms with Crippen molar-refractivity contribution in [1.29, 1.82) is 0 Å². The van der Waals surface area contributed by atoms with Crippen LogP contribution in [0.2, 0.25) is 0 Å². The second-order valence-corrected chi connectivity index (χ2v) is 6.10. The van der Waals surface area contributed by atoms with Crippen molar-refractivity contribution < 1.29 is 12.8 Å². The van der Waals surface area contributed by atoms with E-state index in [1.54, 1.807) is 30.3 Å². The van der Waals surface area contributed by atoms with E-state index in [9.17, 15) is 8.42 Å². The first-order chi connectivity index (χ1) is 9.62. The highest BCUT2D eigenvalue weighted by atomic mass is 32.2. The van der Waals surface area contributed by atoms with Crippen molar-refractivity contribution in [2.75, 3.05) is 6.54 Å². The average molecular weight is 294 g/mol. The number of hydrogen-bond acceptors (Lipinski definition) is 4. The normalized spacial score (nSPS) is 11.7. The molecule has 0 aliphatic heterocycles. The summed E-state index contributed by atoms with van der Waals surface area (Å²) in [6.07, 6.45) is 1.51. The van der Waals surface area contributed by atoms with Crippen LogP contribution in [0.1, 0.15) is 18.2 Å². The van der Waals surface area contributed by atoms with E-state index in [-0.39, 0.29) is 11.4 Å². The van der Waals surface area contributed by atoms with Gasteiger partial charge in [0, 0.05) is 6.54 Å². The van der Waals surface area contributed by atoms with Crippen molar-refractivity contribution in [3.8, 4) is 0 Å². The fourth-order valence-electron chi connectivity index (χ4n) is 1.75. The maximum atomic E-state index is 12.2. The molecule has 1 aromatic heterocycles. The van der Waals surface area contributed by atoms with E-state index in [1.807, 2.05) is 13.0 Å². The van der Waals surface area contributed by atoms with Crippen molar-refractivity contribution in [3.05, 3.63) is 54.0 Å². The van der Waals surface area contributed by atoms with Gasteiger partial charge in [0.05, 0.1) is 17.7 Å². The molecule has 2 N–H and O–H groups in total. The minimum atomic E-state index is -3.52. The zero-order valence-corrected chi connectivity index (χ0v) is 12.1. The van der Waals surface area contributed by atoms with Gasteiger partial charge in [-0.05, 0) is 36.4 Å². The lowest BCUT2D eigenvalue weighted by molar-refractivity contribution is 0.498. The SMILES string of the molecule is CCNCc1cccc(S(=O)(=O)NCc2ccco2)c1. The Labute approximate surface area is 119 Å². The number of furan rings is 1. The Morgan fingerprint density at radius 2 is 2.00 bits per heavy atom. The Hall–Kier alpha value is -1.63. The van der Waals surface area contributed by atoms with Gasteiger partial charge in [-0.2, -0.15) is 0 Å². The van der Waals surface area contributed by atoms with Crippen LogP contribution >= 0.6 is 0 Å². The minimum Gasteiger partial charge on any atom is -0.468 e. The quantitative estimate of drug-likeness (QED) is 0.818. The number of nitrogens with one attached hydrogen (secondary N) is 2. The summed E-state index contributed by atoms with van der Waals surface area (Å²) in [5.41, 5.74) is 0.938. The van der Waals surface area contributed by atoms with Crippen LogP contribution in [0.25, 0.3) is 0 Å². The molecule has 0 bridgehead atoms. The highest BCUT2D eigenvalue weighted by Gasteiger charge is 2.14. The van der Waals surface area contributed by atoms with Gasteiger partial charge in [-0.25, -0.2) is 13.1 Å². The summed E-state index contributed by atoms with van der Waals surface area (Å²) >= 11 is 0. The van der Waals surface area contributed by atoms with Crippen LogP contribution in [0.5, 0.6) is 0 Å². The van der Waals surface area contributed by atoms with E-state index in [0.717, 1.165) is 12.1 Å². The van der Waals surface area contributed by atoms with Crippen LogP contribution in [0.3, 0.4) is 0 Å². The van der Waals surface area contributed by atoms with Crippen molar-refractivity contribution in [3.63, 3.8) is 0 Å². The van der Waals surface area contributed by atoms with Crippen molar-refractivity contribution in [1.82, 2.24) is 10.0 Å². The molecule has 2 aromatic rings. The molecule has 0 unspecified atom stereocenters. The smallest absolute Gasteiger partial charge is 0.240 e. The minimum absolute atomic E-state index is 0.146. The van der Waals surface area contributed by atoms with E-state index < -0.39 is 10.0 Å². The van der Waals surface area contributed by atoms with E-state index in [2.05, 4.69) is 10.0 Å². The highest BCUT2D eigenvalue weighted by molar-refractivity contribution is 7.89. The molecular weight excluding hydrogens is 276 g/mol. The van der Waals surface area contributed by atoms with Gasteiger partial charge in [0.15, 0.2) is 0 Å². The largest absolute Gasteiger partial charge is 0.468 e. The third kappa shape index (κ3) is 3.93. The Morgan fingerprint density at radius 1 is 1.15 bits per heavy atom. The molecule has 0 aliphatic carbocycles. The van der Waals surface area contributed by atoms with Crippen molar-refractivity contribution in [2.24, 2.45) is 0 Å². The molecule has 0 spiro atoms. The lowest BCUT2D eigenvalue weighted by Gasteiger charge is -2.08. The van der Waals surface area contributed by atoms with E-state index in [4.69, 9.17) is 4.42 Å². The van der Waals surface area contributed by atoms with Gasteiger partial charge in [0.25, 0.3) is 0 Å². The Kier molecular flexibility index (Phi) is 4.94.